The third-order valence-electron chi connectivity index (χ3n) is 6.04. The number of amides is 1. The monoisotopic (exact) mass is 438 g/mol. The van der Waals surface area contributed by atoms with Gasteiger partial charge in [0, 0.05) is 20.3 Å². The van der Waals surface area contributed by atoms with Gasteiger partial charge < -0.3 is 25.1 Å². The third-order valence-corrected chi connectivity index (χ3v) is 6.04. The standard InChI is InChI=1S/C23H26N4O5/c1-11-10-12-6-8-23(2,3)21(20(12)32-11)26-15-14(18(29)19(15)30)25-13-7-9-24-16(17(13)28)22(31)27(4)5/h7,9-10,21,26,28H,6,8H2,1-5H3,(H,24,25)/t21-/m0/s1. The van der Waals surface area contributed by atoms with Gasteiger partial charge in [-0.15, -0.1) is 0 Å². The van der Waals surface area contributed by atoms with Crippen molar-refractivity contribution in [2.45, 2.75) is 39.7 Å². The summed E-state index contributed by atoms with van der Waals surface area (Å²) in [5, 5.41) is 16.6. The Hall–Kier alpha value is -3.62. The van der Waals surface area contributed by atoms with Crippen molar-refractivity contribution in [3.05, 3.63) is 61.6 Å². The first-order valence-electron chi connectivity index (χ1n) is 10.4. The Morgan fingerprint density at radius 3 is 2.62 bits per heavy atom. The molecule has 0 radical (unpaired) electrons. The van der Waals surface area contributed by atoms with Crippen molar-refractivity contribution in [3.8, 4) is 5.75 Å². The molecule has 3 N–H and O–H groups in total. The molecule has 0 aliphatic heterocycles. The lowest BCUT2D eigenvalue weighted by Crippen LogP contribution is -2.41. The number of aryl methyl sites for hydroxylation is 2. The predicted molar refractivity (Wildman–Crippen MR) is 120 cm³/mol. The molecule has 0 unspecified atom stereocenters. The maximum absolute atomic E-state index is 12.4. The van der Waals surface area contributed by atoms with Crippen LogP contribution in [0.3, 0.4) is 0 Å². The van der Waals surface area contributed by atoms with Gasteiger partial charge in [-0.2, -0.15) is 0 Å². The van der Waals surface area contributed by atoms with E-state index in [9.17, 15) is 19.5 Å². The quantitative estimate of drug-likeness (QED) is 0.520. The molecule has 3 aromatic rings. The first kappa shape index (κ1) is 21.6. The van der Waals surface area contributed by atoms with Crippen molar-refractivity contribution in [2.24, 2.45) is 5.41 Å². The smallest absolute Gasteiger partial charge is 0.275 e. The Morgan fingerprint density at radius 1 is 1.25 bits per heavy atom. The largest absolute Gasteiger partial charge is 0.504 e. The zero-order valence-electron chi connectivity index (χ0n) is 18.7. The van der Waals surface area contributed by atoms with Gasteiger partial charge in [-0.1, -0.05) is 13.8 Å². The van der Waals surface area contributed by atoms with Crippen LogP contribution in [0.2, 0.25) is 0 Å². The van der Waals surface area contributed by atoms with Crippen LogP contribution < -0.4 is 21.5 Å². The van der Waals surface area contributed by atoms with E-state index in [0.29, 0.717) is 0 Å². The molecule has 1 atom stereocenters. The maximum atomic E-state index is 12.4. The molecule has 1 amide bonds. The lowest BCUT2D eigenvalue weighted by atomic mass is 9.73. The molecule has 4 rings (SSSR count). The van der Waals surface area contributed by atoms with Gasteiger partial charge in [0.25, 0.3) is 16.8 Å². The molecule has 2 heterocycles. The van der Waals surface area contributed by atoms with E-state index in [-0.39, 0.29) is 34.2 Å². The van der Waals surface area contributed by atoms with Crippen LogP contribution >= 0.6 is 0 Å². The Labute approximate surface area is 184 Å². The predicted octanol–water partition coefficient (Wildman–Crippen LogP) is 2.86. The number of aromatic hydroxyl groups is 1. The van der Waals surface area contributed by atoms with Gasteiger partial charge in [0.05, 0.1) is 11.7 Å². The normalized spacial score (nSPS) is 17.1. The zero-order valence-corrected chi connectivity index (χ0v) is 18.7. The average molecular weight is 438 g/mol. The fourth-order valence-corrected chi connectivity index (χ4v) is 4.09. The van der Waals surface area contributed by atoms with Crippen LogP contribution in [0.4, 0.5) is 17.1 Å². The Morgan fingerprint density at radius 2 is 1.94 bits per heavy atom. The highest BCUT2D eigenvalue weighted by Gasteiger charge is 2.40. The van der Waals surface area contributed by atoms with Crippen LogP contribution in [0.15, 0.2) is 32.3 Å². The molecular weight excluding hydrogens is 412 g/mol. The molecule has 2 aromatic heterocycles. The third kappa shape index (κ3) is 3.43. The van der Waals surface area contributed by atoms with E-state index >= 15 is 0 Å². The minimum Gasteiger partial charge on any atom is -0.504 e. The molecule has 0 bridgehead atoms. The van der Waals surface area contributed by atoms with Crippen molar-refractivity contribution in [1.29, 1.82) is 0 Å². The number of hydrogen-bond donors (Lipinski definition) is 3. The fourth-order valence-electron chi connectivity index (χ4n) is 4.09. The molecule has 0 fully saturated rings. The summed E-state index contributed by atoms with van der Waals surface area (Å²) >= 11 is 0. The summed E-state index contributed by atoms with van der Waals surface area (Å²) in [6.07, 6.45) is 3.11. The number of anilines is 3. The Kier molecular flexibility index (Phi) is 5.07. The van der Waals surface area contributed by atoms with Crippen molar-refractivity contribution in [3.63, 3.8) is 0 Å². The Bertz CT molecular complexity index is 1280. The van der Waals surface area contributed by atoms with Crippen LogP contribution in [-0.4, -0.2) is 35.0 Å². The van der Waals surface area contributed by atoms with E-state index in [1.54, 1.807) is 14.1 Å². The number of nitrogens with one attached hydrogen (secondary N) is 2. The van der Waals surface area contributed by atoms with Gasteiger partial charge in [-0.25, -0.2) is 4.98 Å². The SMILES string of the molecule is Cc1cc2c(o1)[C@H](Nc1c(Nc3ccnc(C(=O)N(C)C)c3O)c(=O)c1=O)C(C)(C)CC2. The van der Waals surface area contributed by atoms with Gasteiger partial charge in [-0.05, 0) is 42.9 Å². The highest BCUT2D eigenvalue weighted by Crippen LogP contribution is 2.46. The zero-order chi connectivity index (χ0) is 23.4. The number of nitrogens with zero attached hydrogens (tertiary/aromatic N) is 2. The molecule has 0 saturated carbocycles. The second-order valence-corrected chi connectivity index (χ2v) is 9.10. The summed E-state index contributed by atoms with van der Waals surface area (Å²) in [5.74, 6) is 0.678. The molecule has 0 saturated heterocycles. The maximum Gasteiger partial charge on any atom is 0.275 e. The molecule has 1 aliphatic carbocycles. The number of hydrogen-bond acceptors (Lipinski definition) is 8. The topological polar surface area (TPSA) is 125 Å². The van der Waals surface area contributed by atoms with Gasteiger partial charge in [0.15, 0.2) is 11.4 Å². The van der Waals surface area contributed by atoms with Gasteiger partial charge in [0.1, 0.15) is 22.9 Å². The summed E-state index contributed by atoms with van der Waals surface area (Å²) in [4.78, 5) is 42.2. The van der Waals surface area contributed by atoms with Crippen molar-refractivity contribution in [2.75, 3.05) is 24.7 Å². The fraction of sp³-hybridized carbons (Fsp3) is 0.391. The molecular formula is C23H26N4O5. The highest BCUT2D eigenvalue weighted by molar-refractivity contribution is 5.97. The number of aromatic nitrogens is 1. The minimum absolute atomic E-state index is 0.0333. The average Bonchev–Trinajstić information content (AvgIpc) is 3.12. The van der Waals surface area contributed by atoms with E-state index < -0.39 is 22.5 Å². The van der Waals surface area contributed by atoms with Crippen molar-refractivity contribution in [1.82, 2.24) is 9.88 Å². The van der Waals surface area contributed by atoms with Gasteiger partial charge in [0.2, 0.25) is 0 Å². The lowest BCUT2D eigenvalue weighted by molar-refractivity contribution is 0.0819. The molecule has 168 valence electrons. The number of fused-ring (bicyclic) bond motifs is 1. The molecule has 1 aromatic carbocycles. The number of carbonyl (C=O) groups is 1. The van der Waals surface area contributed by atoms with Crippen LogP contribution in [0.1, 0.15) is 53.9 Å². The molecule has 9 heteroatoms. The molecule has 1 aliphatic rings. The van der Waals surface area contributed by atoms with Crippen molar-refractivity contribution >= 4 is 23.0 Å². The number of rotatable bonds is 5. The number of furan rings is 1. The van der Waals surface area contributed by atoms with Crippen LogP contribution in [0.25, 0.3) is 0 Å². The first-order chi connectivity index (χ1) is 15.0. The van der Waals surface area contributed by atoms with E-state index in [0.717, 1.165) is 29.9 Å². The highest BCUT2D eigenvalue weighted by atomic mass is 16.3. The van der Waals surface area contributed by atoms with E-state index in [4.69, 9.17) is 4.42 Å². The van der Waals surface area contributed by atoms with Gasteiger partial charge >= 0.3 is 0 Å². The molecule has 32 heavy (non-hydrogen) atoms. The number of pyridine rings is 1. The number of carbonyl (C=O) groups excluding carboxylic acids is 1. The van der Waals surface area contributed by atoms with Crippen LogP contribution in [0, 0.1) is 12.3 Å². The summed E-state index contributed by atoms with van der Waals surface area (Å²) in [6.45, 7) is 6.04. The summed E-state index contributed by atoms with van der Waals surface area (Å²) in [6, 6.07) is 3.13. The first-order valence-corrected chi connectivity index (χ1v) is 10.4. The van der Waals surface area contributed by atoms with Crippen LogP contribution in [-0.2, 0) is 6.42 Å². The van der Waals surface area contributed by atoms with Crippen LogP contribution in [0.5, 0.6) is 5.75 Å². The lowest BCUT2D eigenvalue weighted by Gasteiger charge is -2.38. The van der Waals surface area contributed by atoms with E-state index in [2.05, 4.69) is 29.5 Å². The summed E-state index contributed by atoms with van der Waals surface area (Å²) in [7, 11) is 3.08. The van der Waals surface area contributed by atoms with Gasteiger partial charge in [-0.3, -0.25) is 14.4 Å². The molecule has 9 nitrogen and oxygen atoms in total. The minimum atomic E-state index is -0.700. The van der Waals surface area contributed by atoms with E-state index in [1.165, 1.54) is 17.2 Å². The second kappa shape index (κ2) is 7.51. The second-order valence-electron chi connectivity index (χ2n) is 9.10. The Balaban J connectivity index is 1.68. The van der Waals surface area contributed by atoms with E-state index in [1.807, 2.05) is 13.0 Å². The summed E-state index contributed by atoms with van der Waals surface area (Å²) < 4.78 is 5.93. The summed E-state index contributed by atoms with van der Waals surface area (Å²) in [5.41, 5.74) is -0.359. The van der Waals surface area contributed by atoms with Crippen molar-refractivity contribution < 1.29 is 14.3 Å². The molecule has 0 spiro atoms.